The van der Waals surface area contributed by atoms with E-state index < -0.39 is 0 Å². The van der Waals surface area contributed by atoms with Crippen LogP contribution in [0.2, 0.25) is 0 Å². The van der Waals surface area contributed by atoms with E-state index in [1.54, 1.807) is 7.11 Å². The summed E-state index contributed by atoms with van der Waals surface area (Å²) in [6, 6.07) is 8.61. The van der Waals surface area contributed by atoms with Gasteiger partial charge in [0.2, 0.25) is 0 Å². The molecule has 1 heterocycles. The number of rotatable bonds is 4. The predicted molar refractivity (Wildman–Crippen MR) is 74.8 cm³/mol. The Bertz CT molecular complexity index is 386. The van der Waals surface area contributed by atoms with Crippen molar-refractivity contribution in [2.75, 3.05) is 26.7 Å². The van der Waals surface area contributed by atoms with Crippen LogP contribution in [0.25, 0.3) is 0 Å². The van der Waals surface area contributed by atoms with Gasteiger partial charge in [0.15, 0.2) is 0 Å². The molecule has 0 spiro atoms. The molecule has 0 saturated carbocycles. The zero-order chi connectivity index (χ0) is 13.2. The monoisotopic (exact) mass is 248 g/mol. The van der Waals surface area contributed by atoms with E-state index in [9.17, 15) is 0 Å². The zero-order valence-electron chi connectivity index (χ0n) is 11.6. The highest BCUT2D eigenvalue weighted by Crippen LogP contribution is 2.34. The number of hydrogen-bond donors (Lipinski definition) is 1. The number of benzene rings is 1. The van der Waals surface area contributed by atoms with Gasteiger partial charge in [-0.2, -0.15) is 0 Å². The largest absolute Gasteiger partial charge is 0.497 e. The first-order chi connectivity index (χ1) is 8.55. The third-order valence-electron chi connectivity index (χ3n) is 3.87. The quantitative estimate of drug-likeness (QED) is 0.889. The van der Waals surface area contributed by atoms with Crippen molar-refractivity contribution in [2.24, 2.45) is 11.1 Å². The Morgan fingerprint density at radius 3 is 2.44 bits per heavy atom. The van der Waals surface area contributed by atoms with Crippen LogP contribution >= 0.6 is 0 Å². The van der Waals surface area contributed by atoms with Crippen molar-refractivity contribution in [1.29, 1.82) is 0 Å². The number of methoxy groups -OCH3 is 1. The Morgan fingerprint density at radius 2 is 2.00 bits per heavy atom. The van der Waals surface area contributed by atoms with Crippen molar-refractivity contribution in [2.45, 2.75) is 26.3 Å². The van der Waals surface area contributed by atoms with Gasteiger partial charge in [-0.1, -0.05) is 26.0 Å². The van der Waals surface area contributed by atoms with Gasteiger partial charge in [-0.15, -0.1) is 0 Å². The molecular weight excluding hydrogens is 224 g/mol. The van der Waals surface area contributed by atoms with Crippen LogP contribution in [0.1, 0.15) is 31.9 Å². The summed E-state index contributed by atoms with van der Waals surface area (Å²) >= 11 is 0. The van der Waals surface area contributed by atoms with Crippen molar-refractivity contribution in [3.05, 3.63) is 29.8 Å². The molecule has 3 heteroatoms. The van der Waals surface area contributed by atoms with Gasteiger partial charge in [-0.05, 0) is 36.1 Å². The van der Waals surface area contributed by atoms with Crippen LogP contribution in [0.3, 0.4) is 0 Å². The van der Waals surface area contributed by atoms with Gasteiger partial charge in [0.05, 0.1) is 7.11 Å². The normalized spacial score (nSPS) is 20.9. The third kappa shape index (κ3) is 2.85. The maximum atomic E-state index is 5.97. The Balaban J connectivity index is 2.13. The maximum absolute atomic E-state index is 5.97. The first kappa shape index (κ1) is 13.4. The summed E-state index contributed by atoms with van der Waals surface area (Å²) in [7, 11) is 1.69. The van der Waals surface area contributed by atoms with Crippen LogP contribution in [0.5, 0.6) is 5.75 Å². The van der Waals surface area contributed by atoms with Gasteiger partial charge in [0.1, 0.15) is 5.75 Å². The molecule has 1 fully saturated rings. The summed E-state index contributed by atoms with van der Waals surface area (Å²) in [5.41, 5.74) is 7.68. The van der Waals surface area contributed by atoms with Gasteiger partial charge < -0.3 is 10.5 Å². The first-order valence-electron chi connectivity index (χ1n) is 6.64. The molecule has 0 bridgehead atoms. The molecule has 0 amide bonds. The van der Waals surface area contributed by atoms with Crippen molar-refractivity contribution in [1.82, 2.24) is 4.90 Å². The van der Waals surface area contributed by atoms with Crippen molar-refractivity contribution in [3.8, 4) is 5.75 Å². The van der Waals surface area contributed by atoms with E-state index in [0.717, 1.165) is 18.8 Å². The van der Waals surface area contributed by atoms with Crippen LogP contribution in [-0.4, -0.2) is 31.6 Å². The molecule has 1 aliphatic heterocycles. The number of hydrogen-bond acceptors (Lipinski definition) is 3. The molecule has 2 N–H and O–H groups in total. The predicted octanol–water partition coefficient (Wildman–Crippen LogP) is 2.43. The van der Waals surface area contributed by atoms with Gasteiger partial charge >= 0.3 is 0 Å². The van der Waals surface area contributed by atoms with Gasteiger partial charge in [-0.25, -0.2) is 0 Å². The van der Waals surface area contributed by atoms with Gasteiger partial charge in [0.25, 0.3) is 0 Å². The van der Waals surface area contributed by atoms with Gasteiger partial charge in [-0.3, -0.25) is 4.90 Å². The second kappa shape index (κ2) is 5.29. The summed E-state index contributed by atoms with van der Waals surface area (Å²) < 4.78 is 5.20. The minimum Gasteiger partial charge on any atom is -0.497 e. The molecule has 1 aliphatic rings. The maximum Gasteiger partial charge on any atom is 0.118 e. The van der Waals surface area contributed by atoms with Crippen LogP contribution in [0, 0.1) is 5.41 Å². The third-order valence-corrected chi connectivity index (χ3v) is 3.87. The summed E-state index contributed by atoms with van der Waals surface area (Å²) in [6.45, 7) is 7.59. The lowest BCUT2D eigenvalue weighted by Crippen LogP contribution is -2.33. The first-order valence-corrected chi connectivity index (χ1v) is 6.64. The molecule has 3 nitrogen and oxygen atoms in total. The molecule has 18 heavy (non-hydrogen) atoms. The molecular formula is C15H24N2O. The number of nitrogens with two attached hydrogens (primary N) is 1. The fraction of sp³-hybridized carbons (Fsp3) is 0.600. The summed E-state index contributed by atoms with van der Waals surface area (Å²) in [5, 5.41) is 0. The summed E-state index contributed by atoms with van der Waals surface area (Å²) in [4.78, 5) is 2.50. The van der Waals surface area contributed by atoms with Crippen LogP contribution < -0.4 is 10.5 Å². The smallest absolute Gasteiger partial charge is 0.118 e. The lowest BCUT2D eigenvalue weighted by atomic mass is 9.93. The topological polar surface area (TPSA) is 38.5 Å². The van der Waals surface area contributed by atoms with Crippen molar-refractivity contribution >= 4 is 0 Å². The molecule has 0 radical (unpaired) electrons. The van der Waals surface area contributed by atoms with E-state index in [1.165, 1.54) is 12.0 Å². The molecule has 1 aromatic carbocycles. The molecule has 2 rings (SSSR count). The Labute approximate surface area is 110 Å². The highest BCUT2D eigenvalue weighted by molar-refractivity contribution is 5.29. The number of likely N-dealkylation sites (tertiary alicyclic amines) is 1. The molecule has 0 aromatic heterocycles. The van der Waals surface area contributed by atoms with Crippen molar-refractivity contribution in [3.63, 3.8) is 0 Å². The van der Waals surface area contributed by atoms with Crippen LogP contribution in [0.4, 0.5) is 0 Å². The second-order valence-corrected chi connectivity index (χ2v) is 5.91. The Kier molecular flexibility index (Phi) is 3.93. The average Bonchev–Trinajstić information content (AvgIpc) is 2.71. The highest BCUT2D eigenvalue weighted by Gasteiger charge is 2.33. The SMILES string of the molecule is COc1ccc(C(CN)N2CCC(C)(C)C2)cc1. The van der Waals surface area contributed by atoms with Crippen LogP contribution in [-0.2, 0) is 0 Å². The summed E-state index contributed by atoms with van der Waals surface area (Å²) in [6.07, 6.45) is 1.25. The molecule has 0 aliphatic carbocycles. The Hall–Kier alpha value is -1.06. The number of ether oxygens (including phenoxy) is 1. The molecule has 1 atom stereocenters. The van der Waals surface area contributed by atoms with E-state index in [1.807, 2.05) is 12.1 Å². The minimum absolute atomic E-state index is 0.331. The number of nitrogens with zero attached hydrogens (tertiary/aromatic N) is 1. The second-order valence-electron chi connectivity index (χ2n) is 5.91. The van der Waals surface area contributed by atoms with E-state index in [-0.39, 0.29) is 0 Å². The van der Waals surface area contributed by atoms with E-state index >= 15 is 0 Å². The highest BCUT2D eigenvalue weighted by atomic mass is 16.5. The van der Waals surface area contributed by atoms with E-state index in [4.69, 9.17) is 10.5 Å². The Morgan fingerprint density at radius 1 is 1.33 bits per heavy atom. The van der Waals surface area contributed by atoms with Crippen molar-refractivity contribution < 1.29 is 4.74 Å². The standard InChI is InChI=1S/C15H24N2O/c1-15(2)8-9-17(11-15)14(10-16)12-4-6-13(18-3)7-5-12/h4-7,14H,8-11,16H2,1-3H3. The van der Waals surface area contributed by atoms with E-state index in [0.29, 0.717) is 18.0 Å². The fourth-order valence-electron chi connectivity index (χ4n) is 2.74. The summed E-state index contributed by atoms with van der Waals surface area (Å²) in [5.74, 6) is 0.899. The fourth-order valence-corrected chi connectivity index (χ4v) is 2.74. The molecule has 1 unspecified atom stereocenters. The lowest BCUT2D eigenvalue weighted by Gasteiger charge is -2.28. The zero-order valence-corrected chi connectivity index (χ0v) is 11.6. The average molecular weight is 248 g/mol. The minimum atomic E-state index is 0.331. The molecule has 1 saturated heterocycles. The molecule has 1 aromatic rings. The lowest BCUT2D eigenvalue weighted by molar-refractivity contribution is 0.223. The van der Waals surface area contributed by atoms with Gasteiger partial charge in [0, 0.05) is 19.1 Å². The van der Waals surface area contributed by atoms with E-state index in [2.05, 4.69) is 30.9 Å². The molecule has 100 valence electrons. The van der Waals surface area contributed by atoms with Crippen LogP contribution in [0.15, 0.2) is 24.3 Å².